The van der Waals surface area contributed by atoms with Crippen molar-refractivity contribution >= 4 is 22.5 Å². The van der Waals surface area contributed by atoms with Gasteiger partial charge in [-0.2, -0.15) is 0 Å². The highest BCUT2D eigenvalue weighted by molar-refractivity contribution is 6.17. The molecule has 4 rings (SSSR count). The van der Waals surface area contributed by atoms with Gasteiger partial charge in [-0.1, -0.05) is 30.3 Å². The van der Waals surface area contributed by atoms with Gasteiger partial charge in [0.1, 0.15) is 18.1 Å². The van der Waals surface area contributed by atoms with E-state index in [1.165, 1.54) is 0 Å². The van der Waals surface area contributed by atoms with Crippen LogP contribution < -0.4 is 14.9 Å². The lowest BCUT2D eigenvalue weighted by Crippen LogP contribution is -2.06. The molecule has 4 aromatic rings. The number of H-pyrrole nitrogens is 1. The van der Waals surface area contributed by atoms with Gasteiger partial charge in [-0.15, -0.1) is 11.6 Å². The molecule has 6 heteroatoms. The van der Waals surface area contributed by atoms with Crippen molar-refractivity contribution in [3.63, 3.8) is 0 Å². The first-order chi connectivity index (χ1) is 15.2. The Morgan fingerprint density at radius 1 is 0.903 bits per heavy atom. The van der Waals surface area contributed by atoms with Crippen LogP contribution in [0, 0.1) is 0 Å². The third kappa shape index (κ3) is 4.84. The van der Waals surface area contributed by atoms with E-state index in [-0.39, 0.29) is 5.75 Å². The van der Waals surface area contributed by atoms with Crippen molar-refractivity contribution in [3.05, 3.63) is 88.6 Å². The zero-order chi connectivity index (χ0) is 21.6. The summed E-state index contributed by atoms with van der Waals surface area (Å²) in [5.41, 5.74) is 2.25. The Kier molecular flexibility index (Phi) is 6.43. The van der Waals surface area contributed by atoms with Crippen molar-refractivity contribution in [3.8, 4) is 28.5 Å². The first-order valence-electron chi connectivity index (χ1n) is 10.0. The van der Waals surface area contributed by atoms with Gasteiger partial charge in [0.25, 0.3) is 0 Å². The zero-order valence-corrected chi connectivity index (χ0v) is 17.6. The molecule has 3 aromatic carbocycles. The lowest BCUT2D eigenvalue weighted by Gasteiger charge is -2.11. The number of ether oxygens (including phenoxy) is 2. The summed E-state index contributed by atoms with van der Waals surface area (Å²) >= 11 is 5.66. The van der Waals surface area contributed by atoms with E-state index in [0.717, 1.165) is 12.0 Å². The van der Waals surface area contributed by atoms with E-state index >= 15 is 0 Å². The smallest absolute Gasteiger partial charge is 0.231 e. The van der Waals surface area contributed by atoms with E-state index in [1.807, 2.05) is 30.3 Å². The standard InChI is InChI=1S/C25H22ClNO4/c26-13-4-14-30-19-9-7-18(8-10-19)23-25(29)24(28)21-15-20(11-12-22(21)27-23)31-16-17-5-2-1-3-6-17/h1-3,5-12,15,29H,4,13-14,16H2,(H,27,28). The number of benzene rings is 3. The van der Waals surface area contributed by atoms with E-state index in [1.54, 1.807) is 42.5 Å². The first-order valence-corrected chi connectivity index (χ1v) is 10.5. The molecule has 31 heavy (non-hydrogen) atoms. The molecule has 0 aliphatic heterocycles. The van der Waals surface area contributed by atoms with Gasteiger partial charge >= 0.3 is 0 Å². The van der Waals surface area contributed by atoms with Crippen LogP contribution in [0.1, 0.15) is 12.0 Å². The topological polar surface area (TPSA) is 71.5 Å². The van der Waals surface area contributed by atoms with Crippen LogP contribution in [0.25, 0.3) is 22.2 Å². The number of rotatable bonds is 8. The van der Waals surface area contributed by atoms with Gasteiger partial charge in [-0.05, 0) is 54.4 Å². The normalized spacial score (nSPS) is 10.9. The fourth-order valence-corrected chi connectivity index (χ4v) is 3.37. The molecular weight excluding hydrogens is 414 g/mol. The fourth-order valence-electron chi connectivity index (χ4n) is 3.26. The summed E-state index contributed by atoms with van der Waals surface area (Å²) < 4.78 is 11.4. The molecule has 0 saturated carbocycles. The Hall–Kier alpha value is -3.44. The average Bonchev–Trinajstić information content (AvgIpc) is 2.81. The summed E-state index contributed by atoms with van der Waals surface area (Å²) in [6.07, 6.45) is 0.763. The second kappa shape index (κ2) is 9.58. The number of aromatic hydroxyl groups is 1. The highest BCUT2D eigenvalue weighted by Crippen LogP contribution is 2.29. The van der Waals surface area contributed by atoms with Gasteiger partial charge in [0.15, 0.2) is 5.75 Å². The van der Waals surface area contributed by atoms with Crippen molar-refractivity contribution in [1.29, 1.82) is 0 Å². The Morgan fingerprint density at radius 2 is 1.65 bits per heavy atom. The van der Waals surface area contributed by atoms with Crippen molar-refractivity contribution in [1.82, 2.24) is 4.98 Å². The number of nitrogens with one attached hydrogen (secondary N) is 1. The number of aromatic amines is 1. The monoisotopic (exact) mass is 435 g/mol. The Morgan fingerprint density at radius 3 is 2.39 bits per heavy atom. The van der Waals surface area contributed by atoms with Gasteiger partial charge in [0, 0.05) is 11.4 Å². The second-order valence-electron chi connectivity index (χ2n) is 7.07. The molecule has 1 heterocycles. The van der Waals surface area contributed by atoms with Crippen LogP contribution in [-0.4, -0.2) is 22.6 Å². The molecule has 0 spiro atoms. The van der Waals surface area contributed by atoms with Crippen molar-refractivity contribution in [2.24, 2.45) is 0 Å². The van der Waals surface area contributed by atoms with Gasteiger partial charge in [-0.3, -0.25) is 4.79 Å². The summed E-state index contributed by atoms with van der Waals surface area (Å²) in [5.74, 6) is 1.48. The number of halogens is 1. The fraction of sp³-hybridized carbons (Fsp3) is 0.160. The van der Waals surface area contributed by atoms with Gasteiger partial charge in [0.05, 0.1) is 23.2 Å². The van der Waals surface area contributed by atoms with E-state index < -0.39 is 5.43 Å². The number of fused-ring (bicyclic) bond motifs is 1. The number of alkyl halides is 1. The molecule has 158 valence electrons. The summed E-state index contributed by atoms with van der Waals surface area (Å²) in [6.45, 7) is 0.934. The first kappa shape index (κ1) is 20.8. The molecule has 2 N–H and O–H groups in total. The molecule has 0 amide bonds. The Bertz CT molecular complexity index is 1220. The summed E-state index contributed by atoms with van der Waals surface area (Å²) in [5, 5.41) is 10.9. The van der Waals surface area contributed by atoms with Crippen LogP contribution in [-0.2, 0) is 6.61 Å². The molecule has 0 aliphatic carbocycles. The molecule has 0 aliphatic rings. The summed E-state index contributed by atoms with van der Waals surface area (Å²) in [7, 11) is 0. The van der Waals surface area contributed by atoms with Gasteiger partial charge in [-0.25, -0.2) is 0 Å². The molecule has 0 radical (unpaired) electrons. The lowest BCUT2D eigenvalue weighted by atomic mass is 10.1. The van der Waals surface area contributed by atoms with Gasteiger partial charge in [0.2, 0.25) is 5.43 Å². The molecule has 1 aromatic heterocycles. The lowest BCUT2D eigenvalue weighted by molar-refractivity contribution is 0.306. The number of hydrogen-bond donors (Lipinski definition) is 2. The average molecular weight is 436 g/mol. The van der Waals surface area contributed by atoms with Crippen molar-refractivity contribution < 1.29 is 14.6 Å². The van der Waals surface area contributed by atoms with E-state index in [9.17, 15) is 9.90 Å². The summed E-state index contributed by atoms with van der Waals surface area (Å²) in [4.78, 5) is 16.0. The number of hydrogen-bond acceptors (Lipinski definition) is 4. The molecular formula is C25H22ClNO4. The van der Waals surface area contributed by atoms with Crippen LogP contribution in [0.5, 0.6) is 17.2 Å². The minimum absolute atomic E-state index is 0.330. The molecule has 0 fully saturated rings. The predicted octanol–water partition coefficient (Wildman–Crippen LogP) is 5.49. The van der Waals surface area contributed by atoms with Crippen LogP contribution in [0.2, 0.25) is 0 Å². The molecule has 0 bridgehead atoms. The maximum atomic E-state index is 12.8. The molecule has 0 unspecified atom stereocenters. The zero-order valence-electron chi connectivity index (χ0n) is 16.8. The largest absolute Gasteiger partial charge is 0.503 e. The Balaban J connectivity index is 1.58. The maximum absolute atomic E-state index is 12.8. The number of aromatic nitrogens is 1. The predicted molar refractivity (Wildman–Crippen MR) is 123 cm³/mol. The third-order valence-corrected chi connectivity index (χ3v) is 5.15. The number of pyridine rings is 1. The van der Waals surface area contributed by atoms with E-state index in [4.69, 9.17) is 21.1 Å². The van der Waals surface area contributed by atoms with E-state index in [0.29, 0.717) is 52.8 Å². The van der Waals surface area contributed by atoms with Gasteiger partial charge < -0.3 is 19.6 Å². The molecule has 0 saturated heterocycles. The van der Waals surface area contributed by atoms with Crippen LogP contribution in [0.15, 0.2) is 77.6 Å². The Labute approximate surface area is 184 Å². The highest BCUT2D eigenvalue weighted by atomic mass is 35.5. The molecule has 0 atom stereocenters. The SMILES string of the molecule is O=c1c(O)c(-c2ccc(OCCCCl)cc2)[nH]c2ccc(OCc3ccccc3)cc12. The third-order valence-electron chi connectivity index (χ3n) is 4.89. The van der Waals surface area contributed by atoms with Crippen LogP contribution in [0.4, 0.5) is 0 Å². The van der Waals surface area contributed by atoms with Crippen LogP contribution >= 0.6 is 11.6 Å². The van der Waals surface area contributed by atoms with Crippen LogP contribution in [0.3, 0.4) is 0 Å². The van der Waals surface area contributed by atoms with Crippen molar-refractivity contribution in [2.75, 3.05) is 12.5 Å². The highest BCUT2D eigenvalue weighted by Gasteiger charge is 2.14. The maximum Gasteiger partial charge on any atom is 0.231 e. The summed E-state index contributed by atoms with van der Waals surface area (Å²) in [6, 6.07) is 22.2. The quantitative estimate of drug-likeness (QED) is 0.283. The minimum Gasteiger partial charge on any atom is -0.503 e. The minimum atomic E-state index is -0.448. The second-order valence-corrected chi connectivity index (χ2v) is 7.45. The van der Waals surface area contributed by atoms with E-state index in [2.05, 4.69) is 4.98 Å². The molecule has 5 nitrogen and oxygen atoms in total. The van der Waals surface area contributed by atoms with Crippen molar-refractivity contribution in [2.45, 2.75) is 13.0 Å².